The van der Waals surface area contributed by atoms with E-state index in [0.717, 1.165) is 23.5 Å². The van der Waals surface area contributed by atoms with Gasteiger partial charge in [0.15, 0.2) is 5.82 Å². The highest BCUT2D eigenvalue weighted by molar-refractivity contribution is 6.03. The van der Waals surface area contributed by atoms with E-state index < -0.39 is 0 Å². The van der Waals surface area contributed by atoms with Crippen LogP contribution in [-0.4, -0.2) is 24.0 Å². The Bertz CT molecular complexity index is 403. The number of hydrogen-bond acceptors (Lipinski definition) is 3. The summed E-state index contributed by atoms with van der Waals surface area (Å²) in [6, 6.07) is 1.80. The molecule has 0 bridgehead atoms. The average Bonchev–Trinajstić information content (AvgIpc) is 2.20. The molecule has 0 spiro atoms. The maximum Gasteiger partial charge on any atom is 0.247 e. The van der Waals surface area contributed by atoms with Gasteiger partial charge in [0.1, 0.15) is 6.04 Å². The van der Waals surface area contributed by atoms with Gasteiger partial charge in [0.25, 0.3) is 0 Å². The molecule has 1 atom stereocenters. The Balaban J connectivity index is 2.50. The highest BCUT2D eigenvalue weighted by atomic mass is 16.2. The normalized spacial score (nSPS) is 19.8. The molecule has 2 rings (SSSR count). The van der Waals surface area contributed by atoms with Gasteiger partial charge in [-0.05, 0) is 25.0 Å². The Kier molecular flexibility index (Phi) is 2.34. The van der Waals surface area contributed by atoms with Crippen LogP contribution in [0.3, 0.4) is 0 Å². The predicted octanol–water partition coefficient (Wildman–Crippen LogP) is 1.56. The van der Waals surface area contributed by atoms with E-state index in [1.807, 2.05) is 31.9 Å². The molecule has 1 aromatic rings. The second-order valence-electron chi connectivity index (χ2n) is 3.85. The molecule has 1 unspecified atom stereocenters. The van der Waals surface area contributed by atoms with Crippen molar-refractivity contribution in [2.45, 2.75) is 26.3 Å². The van der Waals surface area contributed by atoms with E-state index in [4.69, 9.17) is 0 Å². The van der Waals surface area contributed by atoms with Crippen LogP contribution in [0.2, 0.25) is 0 Å². The van der Waals surface area contributed by atoms with Crippen molar-refractivity contribution in [3.8, 4) is 0 Å². The number of carbonyl (C=O) groups is 1. The van der Waals surface area contributed by atoms with Crippen molar-refractivity contribution in [1.82, 2.24) is 4.98 Å². The van der Waals surface area contributed by atoms with Gasteiger partial charge in [-0.15, -0.1) is 0 Å². The summed E-state index contributed by atoms with van der Waals surface area (Å²) >= 11 is 0. The van der Waals surface area contributed by atoms with Crippen LogP contribution >= 0.6 is 0 Å². The van der Waals surface area contributed by atoms with Crippen molar-refractivity contribution in [2.24, 2.45) is 0 Å². The average molecular weight is 205 g/mol. The molecular formula is C11H15N3O. The van der Waals surface area contributed by atoms with Crippen LogP contribution in [0.4, 0.5) is 11.5 Å². The minimum atomic E-state index is -0.105. The van der Waals surface area contributed by atoms with Crippen LogP contribution in [-0.2, 0) is 4.79 Å². The van der Waals surface area contributed by atoms with E-state index in [0.29, 0.717) is 0 Å². The highest BCUT2D eigenvalue weighted by Crippen LogP contribution is 2.31. The van der Waals surface area contributed by atoms with Gasteiger partial charge in [-0.3, -0.25) is 4.79 Å². The van der Waals surface area contributed by atoms with E-state index in [1.165, 1.54) is 0 Å². The fourth-order valence-electron chi connectivity index (χ4n) is 1.96. The number of nitrogens with one attached hydrogen (secondary N) is 1. The van der Waals surface area contributed by atoms with Crippen LogP contribution in [0.1, 0.15) is 18.9 Å². The van der Waals surface area contributed by atoms with E-state index in [2.05, 4.69) is 10.3 Å². The lowest BCUT2D eigenvalue weighted by Crippen LogP contribution is -2.46. The molecule has 1 amide bonds. The number of fused-ring (bicyclic) bond motifs is 1. The minimum absolute atomic E-state index is 0.0589. The number of aryl methyl sites for hydroxylation is 1. The summed E-state index contributed by atoms with van der Waals surface area (Å²) in [4.78, 5) is 18.0. The Morgan fingerprint density at radius 3 is 3.00 bits per heavy atom. The molecule has 2 heterocycles. The van der Waals surface area contributed by atoms with Gasteiger partial charge in [-0.25, -0.2) is 4.98 Å². The Morgan fingerprint density at radius 1 is 1.60 bits per heavy atom. The number of amides is 1. The molecule has 4 heteroatoms. The molecule has 15 heavy (non-hydrogen) atoms. The van der Waals surface area contributed by atoms with Crippen molar-refractivity contribution in [3.63, 3.8) is 0 Å². The first-order valence-electron chi connectivity index (χ1n) is 5.14. The number of aromatic nitrogens is 1. The third kappa shape index (κ3) is 1.46. The van der Waals surface area contributed by atoms with Gasteiger partial charge in [-0.2, -0.15) is 0 Å². The number of pyridine rings is 1. The van der Waals surface area contributed by atoms with Gasteiger partial charge < -0.3 is 10.2 Å². The molecule has 4 nitrogen and oxygen atoms in total. The molecule has 0 aromatic carbocycles. The quantitative estimate of drug-likeness (QED) is 0.756. The van der Waals surface area contributed by atoms with Crippen molar-refractivity contribution in [3.05, 3.63) is 17.8 Å². The summed E-state index contributed by atoms with van der Waals surface area (Å²) in [5.41, 5.74) is 1.89. The Labute approximate surface area is 89.3 Å². The van der Waals surface area contributed by atoms with Crippen LogP contribution < -0.4 is 10.2 Å². The predicted molar refractivity (Wildman–Crippen MR) is 60.1 cm³/mol. The van der Waals surface area contributed by atoms with Crippen LogP contribution in [0, 0.1) is 6.92 Å². The van der Waals surface area contributed by atoms with Gasteiger partial charge in [0.05, 0.1) is 5.69 Å². The van der Waals surface area contributed by atoms with Crippen molar-refractivity contribution in [1.29, 1.82) is 0 Å². The number of carbonyl (C=O) groups excluding carboxylic acids is 1. The molecule has 1 aromatic heterocycles. The van der Waals surface area contributed by atoms with Crippen LogP contribution in [0.5, 0.6) is 0 Å². The standard InChI is InChI=1S/C11H15N3O/c1-4-8-11(15)13-9-7(2)5-6-12-10(9)14(8)3/h5-6,8H,4H2,1-3H3,(H,13,15). The summed E-state index contributed by atoms with van der Waals surface area (Å²) in [5.74, 6) is 0.921. The molecule has 80 valence electrons. The minimum Gasteiger partial charge on any atom is -0.346 e. The molecule has 1 N–H and O–H groups in total. The molecule has 1 aliphatic rings. The van der Waals surface area contributed by atoms with E-state index in [1.54, 1.807) is 6.20 Å². The van der Waals surface area contributed by atoms with Crippen molar-refractivity contribution >= 4 is 17.4 Å². The zero-order valence-electron chi connectivity index (χ0n) is 9.24. The molecule has 0 fully saturated rings. The third-order valence-corrected chi connectivity index (χ3v) is 2.88. The lowest BCUT2D eigenvalue weighted by atomic mass is 10.1. The van der Waals surface area contributed by atoms with E-state index in [-0.39, 0.29) is 11.9 Å². The number of nitrogens with zero attached hydrogens (tertiary/aromatic N) is 2. The molecule has 0 saturated carbocycles. The summed E-state index contributed by atoms with van der Waals surface area (Å²) in [6.45, 7) is 3.97. The summed E-state index contributed by atoms with van der Waals surface area (Å²) in [6.07, 6.45) is 2.56. The number of likely N-dealkylation sites (N-methyl/N-ethyl adjacent to an activating group) is 1. The van der Waals surface area contributed by atoms with Gasteiger partial charge in [0, 0.05) is 13.2 Å². The van der Waals surface area contributed by atoms with E-state index >= 15 is 0 Å². The van der Waals surface area contributed by atoms with Gasteiger partial charge >= 0.3 is 0 Å². The number of rotatable bonds is 1. The molecule has 1 aliphatic heterocycles. The second-order valence-corrected chi connectivity index (χ2v) is 3.85. The van der Waals surface area contributed by atoms with Crippen molar-refractivity contribution in [2.75, 3.05) is 17.3 Å². The SMILES string of the molecule is CCC1C(=O)Nc2c(C)ccnc2N1C. The lowest BCUT2D eigenvalue weighted by Gasteiger charge is -2.34. The van der Waals surface area contributed by atoms with Crippen molar-refractivity contribution < 1.29 is 4.79 Å². The largest absolute Gasteiger partial charge is 0.346 e. The Morgan fingerprint density at radius 2 is 2.33 bits per heavy atom. The van der Waals surface area contributed by atoms with E-state index in [9.17, 15) is 4.79 Å². The number of anilines is 2. The lowest BCUT2D eigenvalue weighted by molar-refractivity contribution is -0.117. The molecule has 0 aliphatic carbocycles. The number of hydrogen-bond donors (Lipinski definition) is 1. The molecule has 0 saturated heterocycles. The fraction of sp³-hybridized carbons (Fsp3) is 0.455. The maximum absolute atomic E-state index is 11.8. The summed E-state index contributed by atoms with van der Waals surface area (Å²) in [7, 11) is 1.91. The monoisotopic (exact) mass is 205 g/mol. The highest BCUT2D eigenvalue weighted by Gasteiger charge is 2.30. The molecular weight excluding hydrogens is 190 g/mol. The zero-order chi connectivity index (χ0) is 11.0. The second kappa shape index (κ2) is 3.53. The first-order valence-corrected chi connectivity index (χ1v) is 5.14. The van der Waals surface area contributed by atoms with Crippen LogP contribution in [0.25, 0.3) is 0 Å². The summed E-state index contributed by atoms with van der Waals surface area (Å²) in [5, 5.41) is 2.92. The van der Waals surface area contributed by atoms with Gasteiger partial charge in [0.2, 0.25) is 5.91 Å². The molecule has 0 radical (unpaired) electrons. The Hall–Kier alpha value is -1.58. The maximum atomic E-state index is 11.8. The van der Waals surface area contributed by atoms with Gasteiger partial charge in [-0.1, -0.05) is 6.92 Å². The van der Waals surface area contributed by atoms with Crippen LogP contribution in [0.15, 0.2) is 12.3 Å². The first-order chi connectivity index (χ1) is 7.15. The first kappa shape index (κ1) is 9.96. The topological polar surface area (TPSA) is 45.2 Å². The summed E-state index contributed by atoms with van der Waals surface area (Å²) < 4.78 is 0. The fourth-order valence-corrected chi connectivity index (χ4v) is 1.96. The zero-order valence-corrected chi connectivity index (χ0v) is 9.24. The third-order valence-electron chi connectivity index (χ3n) is 2.88. The smallest absolute Gasteiger partial charge is 0.247 e.